The molecule has 0 aliphatic heterocycles. The summed E-state index contributed by atoms with van der Waals surface area (Å²) in [5, 5.41) is 6.58. The summed E-state index contributed by atoms with van der Waals surface area (Å²) in [6, 6.07) is 10.2. The number of benzene rings is 1. The van der Waals surface area contributed by atoms with Gasteiger partial charge in [0.2, 0.25) is 5.16 Å². The van der Waals surface area contributed by atoms with Crippen molar-refractivity contribution >= 4 is 39.1 Å². The van der Waals surface area contributed by atoms with E-state index >= 15 is 0 Å². The third-order valence-electron chi connectivity index (χ3n) is 3.54. The van der Waals surface area contributed by atoms with Crippen LogP contribution in [0.2, 0.25) is 0 Å². The molecule has 0 aliphatic carbocycles. The Labute approximate surface area is 141 Å². The molecule has 0 saturated carbocycles. The van der Waals surface area contributed by atoms with Gasteiger partial charge in [0.25, 0.3) is 5.78 Å². The third kappa shape index (κ3) is 2.70. The molecule has 0 amide bonds. The predicted octanol–water partition coefficient (Wildman–Crippen LogP) is 4.20. The highest BCUT2D eigenvalue weighted by atomic mass is 32.2. The van der Waals surface area contributed by atoms with Crippen molar-refractivity contribution in [2.75, 3.05) is 0 Å². The Hall–Kier alpha value is -1.99. The van der Waals surface area contributed by atoms with E-state index in [1.54, 1.807) is 27.6 Å². The van der Waals surface area contributed by atoms with Crippen molar-refractivity contribution in [3.63, 3.8) is 0 Å². The number of aromatic nitrogens is 5. The third-order valence-corrected chi connectivity index (χ3v) is 5.87. The molecule has 1 aromatic carbocycles. The fourth-order valence-electron chi connectivity index (χ4n) is 2.47. The lowest BCUT2D eigenvalue weighted by molar-refractivity contribution is 0.840. The molecule has 23 heavy (non-hydrogen) atoms. The fourth-order valence-corrected chi connectivity index (χ4v) is 4.39. The summed E-state index contributed by atoms with van der Waals surface area (Å²) in [6.45, 7) is 6.12. The molecule has 0 saturated heterocycles. The molecule has 0 spiro atoms. The zero-order valence-corrected chi connectivity index (χ0v) is 14.6. The Kier molecular flexibility index (Phi) is 3.54. The van der Waals surface area contributed by atoms with Crippen LogP contribution in [0.3, 0.4) is 0 Å². The number of rotatable bonds is 3. The maximum atomic E-state index is 4.71. The SMILES string of the molecule is Cc1cc(C)n2nc(S[C@H](C)c3nc4ccccc4s3)nc2n1. The van der Waals surface area contributed by atoms with E-state index in [2.05, 4.69) is 28.1 Å². The molecule has 5 nitrogen and oxygen atoms in total. The van der Waals surface area contributed by atoms with Crippen molar-refractivity contribution in [1.29, 1.82) is 0 Å². The quantitative estimate of drug-likeness (QED) is 0.523. The van der Waals surface area contributed by atoms with Crippen molar-refractivity contribution in [2.24, 2.45) is 0 Å². The normalized spacial score (nSPS) is 13.0. The molecule has 0 unspecified atom stereocenters. The lowest BCUT2D eigenvalue weighted by atomic mass is 10.3. The molecule has 7 heteroatoms. The summed E-state index contributed by atoms with van der Waals surface area (Å²) in [5.74, 6) is 0.654. The average molecular weight is 341 g/mol. The first-order valence-corrected chi connectivity index (χ1v) is 9.03. The van der Waals surface area contributed by atoms with Crippen LogP contribution in [0.25, 0.3) is 16.0 Å². The van der Waals surface area contributed by atoms with E-state index in [1.165, 1.54) is 4.70 Å². The van der Waals surface area contributed by atoms with Gasteiger partial charge in [-0.3, -0.25) is 0 Å². The molecule has 4 aromatic rings. The van der Waals surface area contributed by atoms with Crippen LogP contribution in [0.1, 0.15) is 28.6 Å². The molecule has 0 N–H and O–H groups in total. The molecule has 3 heterocycles. The van der Waals surface area contributed by atoms with Crippen molar-refractivity contribution < 1.29 is 0 Å². The number of fused-ring (bicyclic) bond motifs is 2. The molecular weight excluding hydrogens is 326 g/mol. The lowest BCUT2D eigenvalue weighted by Gasteiger charge is -2.03. The lowest BCUT2D eigenvalue weighted by Crippen LogP contribution is -1.97. The summed E-state index contributed by atoms with van der Waals surface area (Å²) in [5.41, 5.74) is 3.05. The van der Waals surface area contributed by atoms with Gasteiger partial charge in [-0.05, 0) is 39.0 Å². The summed E-state index contributed by atoms with van der Waals surface area (Å²) >= 11 is 3.34. The molecular formula is C16H15N5S2. The van der Waals surface area contributed by atoms with E-state index in [9.17, 15) is 0 Å². The summed E-state index contributed by atoms with van der Waals surface area (Å²) < 4.78 is 3.01. The van der Waals surface area contributed by atoms with E-state index in [-0.39, 0.29) is 5.25 Å². The molecule has 0 radical (unpaired) electrons. The number of nitrogens with zero attached hydrogens (tertiary/aromatic N) is 5. The van der Waals surface area contributed by atoms with Crippen LogP contribution in [0.5, 0.6) is 0 Å². The van der Waals surface area contributed by atoms with Gasteiger partial charge in [-0.1, -0.05) is 23.9 Å². The fraction of sp³-hybridized carbons (Fsp3) is 0.250. The standard InChI is InChI=1S/C16H15N5S2/c1-9-8-10(2)21-15(17-9)19-16(20-21)22-11(3)14-18-12-6-4-5-7-13(12)23-14/h4-8,11H,1-3H3/t11-/m1/s1. The highest BCUT2D eigenvalue weighted by molar-refractivity contribution is 7.99. The first kappa shape index (κ1) is 14.6. The second kappa shape index (κ2) is 5.58. The number of hydrogen-bond donors (Lipinski definition) is 0. The molecule has 116 valence electrons. The van der Waals surface area contributed by atoms with Gasteiger partial charge in [0, 0.05) is 11.4 Å². The van der Waals surface area contributed by atoms with Crippen molar-refractivity contribution in [1.82, 2.24) is 24.6 Å². The number of aryl methyl sites for hydroxylation is 2. The molecule has 3 aromatic heterocycles. The van der Waals surface area contributed by atoms with Crippen LogP contribution in [0.4, 0.5) is 0 Å². The van der Waals surface area contributed by atoms with E-state index in [1.807, 2.05) is 38.1 Å². The zero-order chi connectivity index (χ0) is 16.0. The van der Waals surface area contributed by atoms with Gasteiger partial charge in [-0.15, -0.1) is 16.4 Å². The van der Waals surface area contributed by atoms with E-state index in [4.69, 9.17) is 4.98 Å². The van der Waals surface area contributed by atoms with E-state index in [0.29, 0.717) is 5.78 Å². The minimum atomic E-state index is 0.200. The molecule has 1 atom stereocenters. The van der Waals surface area contributed by atoms with Crippen LogP contribution in [-0.4, -0.2) is 24.6 Å². The van der Waals surface area contributed by atoms with Gasteiger partial charge < -0.3 is 0 Å². The van der Waals surface area contributed by atoms with Gasteiger partial charge in [0.1, 0.15) is 5.01 Å². The maximum Gasteiger partial charge on any atom is 0.253 e. The average Bonchev–Trinajstić information content (AvgIpc) is 3.10. The first-order valence-electron chi connectivity index (χ1n) is 7.33. The number of hydrogen-bond acceptors (Lipinski definition) is 6. The molecule has 0 aliphatic rings. The van der Waals surface area contributed by atoms with Crippen LogP contribution >= 0.6 is 23.1 Å². The van der Waals surface area contributed by atoms with Gasteiger partial charge >= 0.3 is 0 Å². The molecule has 4 rings (SSSR count). The molecule has 0 fully saturated rings. The largest absolute Gasteiger partial charge is 0.253 e. The summed E-state index contributed by atoms with van der Waals surface area (Å²) in [4.78, 5) is 13.7. The van der Waals surface area contributed by atoms with Crippen molar-refractivity contribution in [3.05, 3.63) is 46.7 Å². The van der Waals surface area contributed by atoms with Crippen molar-refractivity contribution in [2.45, 2.75) is 31.2 Å². The Morgan fingerprint density at radius 3 is 2.78 bits per heavy atom. The van der Waals surface area contributed by atoms with Crippen LogP contribution in [0.15, 0.2) is 35.5 Å². The van der Waals surface area contributed by atoms with E-state index in [0.717, 1.165) is 27.1 Å². The predicted molar refractivity (Wildman–Crippen MR) is 94.1 cm³/mol. The van der Waals surface area contributed by atoms with Crippen LogP contribution < -0.4 is 0 Å². The topological polar surface area (TPSA) is 56.0 Å². The Bertz CT molecular complexity index is 971. The molecule has 0 bridgehead atoms. The number of thioether (sulfide) groups is 1. The zero-order valence-electron chi connectivity index (χ0n) is 13.0. The highest BCUT2D eigenvalue weighted by Crippen LogP contribution is 2.37. The van der Waals surface area contributed by atoms with Crippen LogP contribution in [0, 0.1) is 13.8 Å². The van der Waals surface area contributed by atoms with E-state index < -0.39 is 0 Å². The monoisotopic (exact) mass is 341 g/mol. The summed E-state index contributed by atoms with van der Waals surface area (Å²) in [7, 11) is 0. The smallest absolute Gasteiger partial charge is 0.240 e. The first-order chi connectivity index (χ1) is 11.1. The van der Waals surface area contributed by atoms with Gasteiger partial charge in [-0.25, -0.2) is 14.5 Å². The van der Waals surface area contributed by atoms with Gasteiger partial charge in [0.05, 0.1) is 15.5 Å². The van der Waals surface area contributed by atoms with Gasteiger partial charge in [0.15, 0.2) is 0 Å². The number of thiazole rings is 1. The maximum absolute atomic E-state index is 4.71. The van der Waals surface area contributed by atoms with Crippen molar-refractivity contribution in [3.8, 4) is 0 Å². The summed E-state index contributed by atoms with van der Waals surface area (Å²) in [6.07, 6.45) is 0. The Balaban J connectivity index is 1.65. The second-order valence-corrected chi connectivity index (χ2v) is 7.80. The highest BCUT2D eigenvalue weighted by Gasteiger charge is 2.16. The van der Waals surface area contributed by atoms with Crippen LogP contribution in [-0.2, 0) is 0 Å². The minimum Gasteiger partial charge on any atom is -0.240 e. The minimum absolute atomic E-state index is 0.200. The number of para-hydroxylation sites is 1. The Morgan fingerprint density at radius 1 is 1.13 bits per heavy atom. The Morgan fingerprint density at radius 2 is 1.96 bits per heavy atom. The second-order valence-electron chi connectivity index (χ2n) is 5.42. The van der Waals surface area contributed by atoms with Gasteiger partial charge in [-0.2, -0.15) is 4.98 Å².